The van der Waals surface area contributed by atoms with Gasteiger partial charge in [0.05, 0.1) is 0 Å². The molecule has 0 spiro atoms. The van der Waals surface area contributed by atoms with Crippen molar-refractivity contribution in [3.8, 4) is 0 Å². The highest BCUT2D eigenvalue weighted by Crippen LogP contribution is 2.33. The zero-order valence-electron chi connectivity index (χ0n) is 10.3. The first-order valence-electron chi connectivity index (χ1n) is 5.58. The molecule has 1 atom stereocenters. The second-order valence-electron chi connectivity index (χ2n) is 5.84. The minimum absolute atomic E-state index is 0.222. The van der Waals surface area contributed by atoms with Crippen LogP contribution in [0.5, 0.6) is 0 Å². The summed E-state index contributed by atoms with van der Waals surface area (Å²) in [5.41, 5.74) is 0.288. The van der Waals surface area contributed by atoms with Crippen molar-refractivity contribution in [1.29, 1.82) is 0 Å². The lowest BCUT2D eigenvalue weighted by Gasteiger charge is -2.39. The van der Waals surface area contributed by atoms with Crippen molar-refractivity contribution in [3.63, 3.8) is 0 Å². The Labute approximate surface area is 93.8 Å². The van der Waals surface area contributed by atoms with Gasteiger partial charge in [0, 0.05) is 12.8 Å². The Bertz CT molecular complexity index is 303. The van der Waals surface area contributed by atoms with Crippen molar-refractivity contribution < 1.29 is 8.42 Å². The monoisotopic (exact) mass is 233 g/mol. The highest BCUT2D eigenvalue weighted by atomic mass is 32.2. The number of hydrogen-bond acceptors (Lipinski definition) is 3. The maximum atomic E-state index is 11.2. The van der Waals surface area contributed by atoms with Gasteiger partial charge < -0.3 is 0 Å². The maximum Gasteiger partial charge on any atom is 0.160 e. The van der Waals surface area contributed by atoms with Crippen LogP contribution in [-0.4, -0.2) is 38.5 Å². The minimum atomic E-state index is -2.87. The lowest BCUT2D eigenvalue weighted by atomic mass is 9.76. The molecule has 0 aliphatic carbocycles. The van der Waals surface area contributed by atoms with Crippen LogP contribution in [0.15, 0.2) is 0 Å². The Balaban J connectivity index is 2.57. The number of likely N-dealkylation sites (tertiary alicyclic amines) is 1. The molecule has 1 rings (SSSR count). The van der Waals surface area contributed by atoms with Gasteiger partial charge in [-0.1, -0.05) is 20.8 Å². The molecule has 1 aliphatic rings. The van der Waals surface area contributed by atoms with E-state index in [1.54, 1.807) is 0 Å². The predicted molar refractivity (Wildman–Crippen MR) is 63.5 cm³/mol. The summed E-state index contributed by atoms with van der Waals surface area (Å²) < 4.78 is 22.4. The van der Waals surface area contributed by atoms with Crippen molar-refractivity contribution in [2.75, 3.05) is 25.2 Å². The first-order valence-corrected chi connectivity index (χ1v) is 7.64. The van der Waals surface area contributed by atoms with Crippen LogP contribution in [0.2, 0.25) is 0 Å². The van der Waals surface area contributed by atoms with Crippen LogP contribution in [0, 0.1) is 11.3 Å². The molecule has 0 N–H and O–H groups in total. The zero-order chi connectivity index (χ0) is 11.7. The van der Waals surface area contributed by atoms with Crippen LogP contribution < -0.4 is 0 Å². The fraction of sp³-hybridized carbons (Fsp3) is 1.00. The normalized spacial score (nSPS) is 25.5. The SMILES string of the molecule is CC(C)(C)C1CCCN(CS(C)(=O)=O)C1. The van der Waals surface area contributed by atoms with E-state index in [1.807, 2.05) is 0 Å². The summed E-state index contributed by atoms with van der Waals surface area (Å²) in [4.78, 5) is 2.08. The van der Waals surface area contributed by atoms with Gasteiger partial charge in [-0.25, -0.2) is 8.42 Å². The topological polar surface area (TPSA) is 37.4 Å². The van der Waals surface area contributed by atoms with Gasteiger partial charge in [0.1, 0.15) is 5.88 Å². The van der Waals surface area contributed by atoms with Crippen LogP contribution in [0.1, 0.15) is 33.6 Å². The third-order valence-electron chi connectivity index (χ3n) is 3.15. The maximum absolute atomic E-state index is 11.2. The fourth-order valence-electron chi connectivity index (χ4n) is 2.21. The third kappa shape index (κ3) is 4.51. The number of piperidine rings is 1. The number of nitrogens with zero attached hydrogens (tertiary/aromatic N) is 1. The molecule has 15 heavy (non-hydrogen) atoms. The fourth-order valence-corrected chi connectivity index (χ4v) is 3.11. The molecule has 0 aromatic heterocycles. The molecule has 1 fully saturated rings. The van der Waals surface area contributed by atoms with E-state index in [9.17, 15) is 8.42 Å². The van der Waals surface area contributed by atoms with Gasteiger partial charge in [0.25, 0.3) is 0 Å². The molecule has 90 valence electrons. The van der Waals surface area contributed by atoms with Crippen molar-refractivity contribution in [2.24, 2.45) is 11.3 Å². The smallest absolute Gasteiger partial charge is 0.160 e. The Morgan fingerprint density at radius 3 is 2.40 bits per heavy atom. The van der Waals surface area contributed by atoms with E-state index in [2.05, 4.69) is 25.7 Å². The van der Waals surface area contributed by atoms with Crippen molar-refractivity contribution in [2.45, 2.75) is 33.6 Å². The van der Waals surface area contributed by atoms with Crippen molar-refractivity contribution in [3.05, 3.63) is 0 Å². The molecule has 0 aromatic rings. The van der Waals surface area contributed by atoms with Gasteiger partial charge in [-0.15, -0.1) is 0 Å². The number of rotatable bonds is 2. The van der Waals surface area contributed by atoms with Crippen LogP contribution in [-0.2, 0) is 9.84 Å². The van der Waals surface area contributed by atoms with E-state index < -0.39 is 9.84 Å². The van der Waals surface area contributed by atoms with E-state index >= 15 is 0 Å². The summed E-state index contributed by atoms with van der Waals surface area (Å²) in [6.07, 6.45) is 3.66. The first kappa shape index (κ1) is 13.0. The van der Waals surface area contributed by atoms with Gasteiger partial charge >= 0.3 is 0 Å². The summed E-state index contributed by atoms with van der Waals surface area (Å²) in [6, 6.07) is 0. The molecule has 0 radical (unpaired) electrons. The largest absolute Gasteiger partial charge is 0.290 e. The van der Waals surface area contributed by atoms with Crippen molar-refractivity contribution >= 4 is 9.84 Å². The number of hydrogen-bond donors (Lipinski definition) is 0. The quantitative estimate of drug-likeness (QED) is 0.729. The van der Waals surface area contributed by atoms with E-state index in [0.29, 0.717) is 5.92 Å². The molecule has 0 bridgehead atoms. The van der Waals surface area contributed by atoms with E-state index in [0.717, 1.165) is 19.5 Å². The van der Waals surface area contributed by atoms with Gasteiger partial charge in [0.2, 0.25) is 0 Å². The third-order valence-corrected chi connectivity index (χ3v) is 3.98. The van der Waals surface area contributed by atoms with Gasteiger partial charge in [-0.2, -0.15) is 0 Å². The lowest BCUT2D eigenvalue weighted by molar-refractivity contribution is 0.112. The second kappa shape index (κ2) is 4.42. The van der Waals surface area contributed by atoms with E-state index in [1.165, 1.54) is 12.7 Å². The lowest BCUT2D eigenvalue weighted by Crippen LogP contribution is -2.42. The van der Waals surface area contributed by atoms with Crippen LogP contribution in [0.3, 0.4) is 0 Å². The molecular weight excluding hydrogens is 210 g/mol. The van der Waals surface area contributed by atoms with Crippen LogP contribution in [0.25, 0.3) is 0 Å². The molecular formula is C11H23NO2S. The first-order chi connectivity index (χ1) is 6.68. The van der Waals surface area contributed by atoms with Gasteiger partial charge in [-0.3, -0.25) is 4.90 Å². The second-order valence-corrected chi connectivity index (χ2v) is 7.95. The molecule has 0 aromatic carbocycles. The summed E-state index contributed by atoms with van der Waals surface area (Å²) in [5.74, 6) is 0.840. The van der Waals surface area contributed by atoms with E-state index in [4.69, 9.17) is 0 Å². The highest BCUT2D eigenvalue weighted by molar-refractivity contribution is 7.90. The Kier molecular flexibility index (Phi) is 3.82. The van der Waals surface area contributed by atoms with Crippen LogP contribution >= 0.6 is 0 Å². The Hall–Kier alpha value is -0.0900. The molecule has 4 heteroatoms. The molecule has 1 unspecified atom stereocenters. The summed E-state index contributed by atoms with van der Waals surface area (Å²) in [5, 5.41) is 0. The molecule has 1 aliphatic heterocycles. The average Bonchev–Trinajstić information content (AvgIpc) is 1.99. The van der Waals surface area contributed by atoms with Gasteiger partial charge in [-0.05, 0) is 30.7 Å². The van der Waals surface area contributed by atoms with E-state index in [-0.39, 0.29) is 11.3 Å². The van der Waals surface area contributed by atoms with Gasteiger partial charge in [0.15, 0.2) is 9.84 Å². The molecule has 0 saturated carbocycles. The average molecular weight is 233 g/mol. The predicted octanol–water partition coefficient (Wildman–Crippen LogP) is 1.75. The number of sulfone groups is 1. The molecule has 3 nitrogen and oxygen atoms in total. The molecule has 1 saturated heterocycles. The minimum Gasteiger partial charge on any atom is -0.290 e. The van der Waals surface area contributed by atoms with Crippen molar-refractivity contribution in [1.82, 2.24) is 4.90 Å². The molecule has 1 heterocycles. The Morgan fingerprint density at radius 2 is 1.93 bits per heavy atom. The highest BCUT2D eigenvalue weighted by Gasteiger charge is 2.30. The standard InChI is InChI=1S/C11H23NO2S/c1-11(2,3)10-6-5-7-12(8-10)9-15(4,13)14/h10H,5-9H2,1-4H3. The van der Waals surface area contributed by atoms with Crippen LogP contribution in [0.4, 0.5) is 0 Å². The summed E-state index contributed by atoms with van der Waals surface area (Å²) >= 11 is 0. The Morgan fingerprint density at radius 1 is 1.33 bits per heavy atom. The summed E-state index contributed by atoms with van der Waals surface area (Å²) in [6.45, 7) is 8.57. The summed E-state index contributed by atoms with van der Waals surface area (Å²) in [7, 11) is -2.87. The molecule has 0 amide bonds. The zero-order valence-corrected chi connectivity index (χ0v) is 11.1.